The third-order valence-electron chi connectivity index (χ3n) is 1.04. The molecule has 0 atom stereocenters. The number of ether oxygens (including phenoxy) is 1. The molecule has 2 heteroatoms. The number of nitrogens with zero attached hydrogens (tertiary/aromatic N) is 1. The van der Waals surface area contributed by atoms with Gasteiger partial charge in [-0.1, -0.05) is 6.58 Å². The van der Waals surface area contributed by atoms with E-state index in [2.05, 4.69) is 11.6 Å². The van der Waals surface area contributed by atoms with E-state index < -0.39 is 0 Å². The molecule has 11 heavy (non-hydrogen) atoms. The molecule has 0 saturated heterocycles. The first-order valence-corrected chi connectivity index (χ1v) is 3.69. The molecule has 0 aliphatic rings. The van der Waals surface area contributed by atoms with Crippen molar-refractivity contribution in [3.05, 3.63) is 24.1 Å². The van der Waals surface area contributed by atoms with Crippen LogP contribution in [0.4, 0.5) is 0 Å². The maximum Gasteiger partial charge on any atom is 0.0949 e. The molecule has 0 N–H and O–H groups in total. The van der Waals surface area contributed by atoms with Crippen LogP contribution in [0.1, 0.15) is 20.8 Å². The fourth-order valence-corrected chi connectivity index (χ4v) is 0.707. The van der Waals surface area contributed by atoms with Crippen LogP contribution in [-0.2, 0) is 4.74 Å². The molecule has 0 aromatic carbocycles. The standard InChI is InChI=1S/C9H15NO/c1-5-10-8(3)7-9(4)11-6-2/h5,7H,3,6H2,1-2,4H3/b9-7+,10-5?. The van der Waals surface area contributed by atoms with Gasteiger partial charge in [0.05, 0.1) is 18.1 Å². The average Bonchev–Trinajstić information content (AvgIpc) is 1.87. The number of hydrogen-bond acceptors (Lipinski definition) is 2. The Morgan fingerprint density at radius 3 is 2.73 bits per heavy atom. The van der Waals surface area contributed by atoms with Gasteiger partial charge in [-0.2, -0.15) is 0 Å². The molecule has 0 fully saturated rings. The zero-order valence-corrected chi connectivity index (χ0v) is 7.42. The van der Waals surface area contributed by atoms with E-state index in [9.17, 15) is 0 Å². The van der Waals surface area contributed by atoms with Crippen LogP contribution in [-0.4, -0.2) is 12.8 Å². The lowest BCUT2D eigenvalue weighted by Gasteiger charge is -2.00. The van der Waals surface area contributed by atoms with Crippen molar-refractivity contribution in [2.75, 3.05) is 6.61 Å². The molecule has 62 valence electrons. The van der Waals surface area contributed by atoms with Crippen LogP contribution in [0.2, 0.25) is 0 Å². The maximum atomic E-state index is 5.19. The van der Waals surface area contributed by atoms with Crippen molar-refractivity contribution in [3.8, 4) is 0 Å². The highest BCUT2D eigenvalue weighted by molar-refractivity contribution is 5.55. The van der Waals surface area contributed by atoms with Crippen molar-refractivity contribution in [3.63, 3.8) is 0 Å². The molecule has 2 nitrogen and oxygen atoms in total. The van der Waals surface area contributed by atoms with Gasteiger partial charge in [-0.3, -0.25) is 4.99 Å². The van der Waals surface area contributed by atoms with Gasteiger partial charge >= 0.3 is 0 Å². The van der Waals surface area contributed by atoms with Crippen molar-refractivity contribution >= 4 is 6.21 Å². The summed E-state index contributed by atoms with van der Waals surface area (Å²) >= 11 is 0. The number of hydrogen-bond donors (Lipinski definition) is 0. The molecule has 0 rings (SSSR count). The van der Waals surface area contributed by atoms with E-state index in [0.29, 0.717) is 6.61 Å². The first kappa shape index (κ1) is 9.95. The molecule has 0 bridgehead atoms. The average molecular weight is 153 g/mol. The zero-order chi connectivity index (χ0) is 8.69. The van der Waals surface area contributed by atoms with Crippen LogP contribution < -0.4 is 0 Å². The van der Waals surface area contributed by atoms with Gasteiger partial charge in [0.15, 0.2) is 0 Å². The summed E-state index contributed by atoms with van der Waals surface area (Å²) in [5.41, 5.74) is 0.721. The molecule has 0 amide bonds. The minimum Gasteiger partial charge on any atom is -0.498 e. The Bertz CT molecular complexity index is 180. The third-order valence-corrected chi connectivity index (χ3v) is 1.04. The summed E-state index contributed by atoms with van der Waals surface area (Å²) in [5.74, 6) is 0.850. The summed E-state index contributed by atoms with van der Waals surface area (Å²) in [4.78, 5) is 3.97. The van der Waals surface area contributed by atoms with Gasteiger partial charge in [-0.15, -0.1) is 0 Å². The van der Waals surface area contributed by atoms with Gasteiger partial charge in [0.1, 0.15) is 0 Å². The van der Waals surface area contributed by atoms with Crippen LogP contribution in [0.25, 0.3) is 0 Å². The highest BCUT2D eigenvalue weighted by Gasteiger charge is 1.87. The Hall–Kier alpha value is -1.05. The summed E-state index contributed by atoms with van der Waals surface area (Å²) < 4.78 is 5.19. The van der Waals surface area contributed by atoms with E-state index in [0.717, 1.165) is 11.5 Å². The molecule has 0 aromatic heterocycles. The van der Waals surface area contributed by atoms with Crippen molar-refractivity contribution in [2.45, 2.75) is 20.8 Å². The molecule has 0 heterocycles. The maximum absolute atomic E-state index is 5.19. The molecular weight excluding hydrogens is 138 g/mol. The largest absolute Gasteiger partial charge is 0.498 e. The fraction of sp³-hybridized carbons (Fsp3) is 0.444. The van der Waals surface area contributed by atoms with Gasteiger partial charge < -0.3 is 4.74 Å². The summed E-state index contributed by atoms with van der Waals surface area (Å²) in [6.07, 6.45) is 3.52. The molecule has 0 aromatic rings. The number of allylic oxidation sites excluding steroid dienone is 2. The Morgan fingerprint density at radius 1 is 1.64 bits per heavy atom. The topological polar surface area (TPSA) is 21.6 Å². The second kappa shape index (κ2) is 5.71. The Morgan fingerprint density at radius 2 is 2.27 bits per heavy atom. The van der Waals surface area contributed by atoms with E-state index in [-0.39, 0.29) is 0 Å². The van der Waals surface area contributed by atoms with Crippen molar-refractivity contribution in [1.82, 2.24) is 0 Å². The fourth-order valence-electron chi connectivity index (χ4n) is 0.707. The first-order valence-electron chi connectivity index (χ1n) is 3.69. The lowest BCUT2D eigenvalue weighted by Crippen LogP contribution is -1.86. The predicted octanol–water partition coefficient (Wildman–Crippen LogP) is 2.53. The SMILES string of the molecule is C=C(/C=C(\C)OCC)N=CC. The molecule has 0 aliphatic carbocycles. The van der Waals surface area contributed by atoms with E-state index in [4.69, 9.17) is 4.74 Å². The van der Waals surface area contributed by atoms with E-state index in [1.807, 2.05) is 26.8 Å². The van der Waals surface area contributed by atoms with Crippen molar-refractivity contribution in [2.24, 2.45) is 4.99 Å². The van der Waals surface area contributed by atoms with Gasteiger partial charge in [0, 0.05) is 12.3 Å². The highest BCUT2D eigenvalue weighted by Crippen LogP contribution is 2.01. The van der Waals surface area contributed by atoms with Gasteiger partial charge in [0.2, 0.25) is 0 Å². The van der Waals surface area contributed by atoms with E-state index in [1.165, 1.54) is 0 Å². The second-order valence-electron chi connectivity index (χ2n) is 2.07. The Labute approximate surface area is 68.3 Å². The number of rotatable bonds is 4. The first-order chi connectivity index (χ1) is 5.20. The molecule has 0 saturated carbocycles. The van der Waals surface area contributed by atoms with Crippen LogP contribution in [0.5, 0.6) is 0 Å². The summed E-state index contributed by atoms with van der Waals surface area (Å²) in [6, 6.07) is 0. The third kappa shape index (κ3) is 5.40. The number of aliphatic imine (C=N–C) groups is 1. The zero-order valence-electron chi connectivity index (χ0n) is 7.42. The van der Waals surface area contributed by atoms with Crippen molar-refractivity contribution in [1.29, 1.82) is 0 Å². The summed E-state index contributed by atoms with van der Waals surface area (Å²) in [7, 11) is 0. The smallest absolute Gasteiger partial charge is 0.0949 e. The Balaban J connectivity index is 3.96. The van der Waals surface area contributed by atoms with E-state index in [1.54, 1.807) is 6.21 Å². The molecule has 0 aliphatic heterocycles. The van der Waals surface area contributed by atoms with Gasteiger partial charge in [-0.05, 0) is 20.8 Å². The van der Waals surface area contributed by atoms with Crippen LogP contribution >= 0.6 is 0 Å². The van der Waals surface area contributed by atoms with E-state index >= 15 is 0 Å². The molecular formula is C9H15NO. The molecule has 0 spiro atoms. The lowest BCUT2D eigenvalue weighted by atomic mass is 10.4. The Kier molecular flexibility index (Phi) is 5.17. The van der Waals surface area contributed by atoms with Gasteiger partial charge in [-0.25, -0.2) is 0 Å². The lowest BCUT2D eigenvalue weighted by molar-refractivity contribution is 0.231. The highest BCUT2D eigenvalue weighted by atomic mass is 16.5. The monoisotopic (exact) mass is 153 g/mol. The molecule has 0 radical (unpaired) electrons. The van der Waals surface area contributed by atoms with Crippen molar-refractivity contribution < 1.29 is 4.74 Å². The second-order valence-corrected chi connectivity index (χ2v) is 2.07. The summed E-state index contributed by atoms with van der Waals surface area (Å²) in [6.45, 7) is 10.1. The quantitative estimate of drug-likeness (QED) is 0.345. The normalized spacial score (nSPS) is 12.1. The van der Waals surface area contributed by atoms with Gasteiger partial charge in [0.25, 0.3) is 0 Å². The summed E-state index contributed by atoms with van der Waals surface area (Å²) in [5, 5.41) is 0. The van der Waals surface area contributed by atoms with Crippen LogP contribution in [0, 0.1) is 0 Å². The van der Waals surface area contributed by atoms with Crippen LogP contribution in [0.15, 0.2) is 29.1 Å². The minimum absolute atomic E-state index is 0.686. The molecule has 0 unspecified atom stereocenters. The van der Waals surface area contributed by atoms with Crippen LogP contribution in [0.3, 0.4) is 0 Å². The minimum atomic E-state index is 0.686. The predicted molar refractivity (Wildman–Crippen MR) is 48.7 cm³/mol.